The van der Waals surface area contributed by atoms with Crippen molar-refractivity contribution in [2.24, 2.45) is 5.10 Å². The zero-order chi connectivity index (χ0) is 16.5. The first-order valence-electron chi connectivity index (χ1n) is 7.13. The van der Waals surface area contributed by atoms with Crippen LogP contribution in [0.1, 0.15) is 13.3 Å². The molecule has 0 amide bonds. The van der Waals surface area contributed by atoms with Gasteiger partial charge >= 0.3 is 0 Å². The smallest absolute Gasteiger partial charge is 0.191 e. The molecule has 3 N–H and O–H groups in total. The number of thiocarbonyl (C=S) groups is 2. The summed E-state index contributed by atoms with van der Waals surface area (Å²) in [6, 6.07) is 19.5. The van der Waals surface area contributed by atoms with Crippen molar-refractivity contribution in [2.75, 3.05) is 10.6 Å². The second-order valence-electron chi connectivity index (χ2n) is 4.87. The molecule has 0 atom stereocenters. The lowest BCUT2D eigenvalue weighted by Gasteiger charge is -2.09. The predicted octanol–water partition coefficient (Wildman–Crippen LogP) is 4.18. The molecule has 0 aromatic heterocycles. The Balaban J connectivity index is 1.78. The first-order chi connectivity index (χ1) is 11.1. The van der Waals surface area contributed by atoms with Crippen molar-refractivity contribution in [2.45, 2.75) is 13.3 Å². The molecule has 0 aliphatic carbocycles. The molecule has 0 spiro atoms. The number of hydrogen-bond acceptors (Lipinski definition) is 3. The van der Waals surface area contributed by atoms with Gasteiger partial charge in [0, 0.05) is 23.5 Å². The van der Waals surface area contributed by atoms with Gasteiger partial charge in [-0.15, -0.1) is 0 Å². The maximum Gasteiger partial charge on any atom is 0.191 e. The Morgan fingerprint density at radius 1 is 0.870 bits per heavy atom. The highest BCUT2D eigenvalue weighted by Crippen LogP contribution is 2.07. The van der Waals surface area contributed by atoms with Crippen molar-refractivity contribution in [3.05, 3.63) is 60.7 Å². The molecule has 2 rings (SSSR count). The Bertz CT molecular complexity index is 684. The van der Waals surface area contributed by atoms with Crippen LogP contribution >= 0.6 is 24.4 Å². The van der Waals surface area contributed by atoms with Crippen LogP contribution in [-0.4, -0.2) is 15.8 Å². The second-order valence-corrected chi connectivity index (χ2v) is 5.77. The van der Waals surface area contributed by atoms with Gasteiger partial charge < -0.3 is 10.6 Å². The van der Waals surface area contributed by atoms with Crippen molar-refractivity contribution in [1.29, 1.82) is 0 Å². The first kappa shape index (κ1) is 17.1. The van der Waals surface area contributed by atoms with Gasteiger partial charge in [0.25, 0.3) is 0 Å². The normalized spacial score (nSPS) is 10.7. The summed E-state index contributed by atoms with van der Waals surface area (Å²) in [7, 11) is 0. The molecular weight excluding hydrogens is 324 g/mol. The van der Waals surface area contributed by atoms with E-state index in [0.717, 1.165) is 17.1 Å². The average molecular weight is 342 g/mol. The molecule has 0 fully saturated rings. The van der Waals surface area contributed by atoms with Crippen molar-refractivity contribution < 1.29 is 0 Å². The van der Waals surface area contributed by atoms with E-state index in [1.807, 2.05) is 67.6 Å². The molecule has 0 aliphatic rings. The standard InChI is InChI=1S/C17H18N4S2/c1-13(12-16(22)18-14-8-4-2-5-9-14)20-21-17(23)19-15-10-6-3-7-11-15/h2-11H,12H2,1H3,(H,18,22)(H2,19,21,23)/b20-13+. The third-order valence-corrected chi connectivity index (χ3v) is 3.29. The fourth-order valence-electron chi connectivity index (χ4n) is 1.83. The number of hydrogen-bond donors (Lipinski definition) is 3. The Labute approximate surface area is 147 Å². The maximum absolute atomic E-state index is 5.33. The van der Waals surface area contributed by atoms with Crippen LogP contribution in [0.2, 0.25) is 0 Å². The molecule has 0 saturated heterocycles. The van der Waals surface area contributed by atoms with Crippen LogP contribution < -0.4 is 16.1 Å². The third-order valence-electron chi connectivity index (χ3n) is 2.85. The molecule has 0 saturated carbocycles. The van der Waals surface area contributed by atoms with E-state index in [1.54, 1.807) is 0 Å². The SMILES string of the molecule is C/C(CC(=S)Nc1ccccc1)=N\NC(=S)Nc1ccccc1. The highest BCUT2D eigenvalue weighted by Gasteiger charge is 2.01. The third kappa shape index (κ3) is 6.54. The molecule has 2 aromatic carbocycles. The van der Waals surface area contributed by atoms with Crippen LogP contribution in [0.5, 0.6) is 0 Å². The lowest BCUT2D eigenvalue weighted by Crippen LogP contribution is -2.25. The molecule has 23 heavy (non-hydrogen) atoms. The van der Waals surface area contributed by atoms with Crippen LogP contribution in [0.25, 0.3) is 0 Å². The quantitative estimate of drug-likeness (QED) is 0.432. The van der Waals surface area contributed by atoms with Crippen LogP contribution in [0.4, 0.5) is 11.4 Å². The molecule has 6 heteroatoms. The lowest BCUT2D eigenvalue weighted by molar-refractivity contribution is 1.03. The van der Waals surface area contributed by atoms with Crippen LogP contribution in [0, 0.1) is 0 Å². The minimum Gasteiger partial charge on any atom is -0.350 e. The summed E-state index contributed by atoms with van der Waals surface area (Å²) < 4.78 is 0. The summed E-state index contributed by atoms with van der Waals surface area (Å²) in [5.74, 6) is 0. The lowest BCUT2D eigenvalue weighted by atomic mass is 10.2. The van der Waals surface area contributed by atoms with Gasteiger partial charge in [-0.3, -0.25) is 5.43 Å². The number of hydrazone groups is 1. The topological polar surface area (TPSA) is 48.5 Å². The fourth-order valence-corrected chi connectivity index (χ4v) is 2.32. The maximum atomic E-state index is 5.33. The van der Waals surface area contributed by atoms with E-state index in [0.29, 0.717) is 16.5 Å². The second kappa shape index (κ2) is 8.97. The fraction of sp³-hybridized carbons (Fsp3) is 0.118. The van der Waals surface area contributed by atoms with E-state index in [2.05, 4.69) is 21.2 Å². The summed E-state index contributed by atoms with van der Waals surface area (Å²) in [4.78, 5) is 0.709. The Morgan fingerprint density at radius 2 is 1.39 bits per heavy atom. The van der Waals surface area contributed by atoms with Crippen molar-refractivity contribution in [1.82, 2.24) is 5.43 Å². The van der Waals surface area contributed by atoms with Gasteiger partial charge in [-0.1, -0.05) is 48.6 Å². The molecule has 0 aliphatic heterocycles. The van der Waals surface area contributed by atoms with Crippen molar-refractivity contribution >= 4 is 51.6 Å². The number of anilines is 2. The number of rotatable bonds is 5. The van der Waals surface area contributed by atoms with E-state index < -0.39 is 0 Å². The highest BCUT2D eigenvalue weighted by molar-refractivity contribution is 7.80. The molecule has 4 nitrogen and oxygen atoms in total. The van der Waals surface area contributed by atoms with E-state index in [-0.39, 0.29) is 0 Å². The molecule has 0 radical (unpaired) electrons. The number of nitrogens with zero attached hydrogens (tertiary/aromatic N) is 1. The minimum absolute atomic E-state index is 0.442. The molecule has 118 valence electrons. The zero-order valence-electron chi connectivity index (χ0n) is 12.7. The van der Waals surface area contributed by atoms with Crippen LogP contribution in [-0.2, 0) is 0 Å². The number of para-hydroxylation sites is 2. The highest BCUT2D eigenvalue weighted by atomic mass is 32.1. The van der Waals surface area contributed by atoms with Gasteiger partial charge in [0.1, 0.15) is 0 Å². The Kier molecular flexibility index (Phi) is 6.65. The summed E-state index contributed by atoms with van der Waals surface area (Å²) in [6.07, 6.45) is 0.561. The monoisotopic (exact) mass is 342 g/mol. The van der Waals surface area contributed by atoms with E-state index in [1.165, 1.54) is 0 Å². The van der Waals surface area contributed by atoms with Gasteiger partial charge in [0.05, 0.1) is 4.99 Å². The van der Waals surface area contributed by atoms with Gasteiger partial charge in [-0.25, -0.2) is 0 Å². The molecular formula is C17H18N4S2. The summed E-state index contributed by atoms with van der Waals surface area (Å²) >= 11 is 10.5. The summed E-state index contributed by atoms with van der Waals surface area (Å²) in [6.45, 7) is 1.90. The zero-order valence-corrected chi connectivity index (χ0v) is 14.4. The minimum atomic E-state index is 0.442. The number of benzene rings is 2. The van der Waals surface area contributed by atoms with Gasteiger partial charge in [0.2, 0.25) is 0 Å². The summed E-state index contributed by atoms with van der Waals surface area (Å²) in [5, 5.41) is 10.9. The molecule has 0 bridgehead atoms. The molecule has 0 heterocycles. The summed E-state index contributed by atoms with van der Waals surface area (Å²) in [5.41, 5.74) is 5.55. The van der Waals surface area contributed by atoms with Crippen molar-refractivity contribution in [3.63, 3.8) is 0 Å². The van der Waals surface area contributed by atoms with Crippen LogP contribution in [0.3, 0.4) is 0 Å². The Morgan fingerprint density at radius 3 is 1.96 bits per heavy atom. The van der Waals surface area contributed by atoms with Gasteiger partial charge in [-0.2, -0.15) is 5.10 Å². The van der Waals surface area contributed by atoms with E-state index >= 15 is 0 Å². The van der Waals surface area contributed by atoms with Crippen molar-refractivity contribution in [3.8, 4) is 0 Å². The molecule has 2 aromatic rings. The van der Waals surface area contributed by atoms with E-state index in [9.17, 15) is 0 Å². The van der Waals surface area contributed by atoms with Crippen LogP contribution in [0.15, 0.2) is 65.8 Å². The number of nitrogens with one attached hydrogen (secondary N) is 3. The first-order valence-corrected chi connectivity index (χ1v) is 7.95. The van der Waals surface area contributed by atoms with Gasteiger partial charge in [0.15, 0.2) is 5.11 Å². The average Bonchev–Trinajstić information content (AvgIpc) is 2.55. The van der Waals surface area contributed by atoms with Gasteiger partial charge in [-0.05, 0) is 43.4 Å². The molecule has 0 unspecified atom stereocenters. The predicted molar refractivity (Wildman–Crippen MR) is 106 cm³/mol. The Hall–Kier alpha value is -2.31. The van der Waals surface area contributed by atoms with E-state index in [4.69, 9.17) is 24.4 Å². The largest absolute Gasteiger partial charge is 0.350 e.